The van der Waals surface area contributed by atoms with Crippen molar-refractivity contribution in [2.45, 2.75) is 12.5 Å². The molecule has 5 heteroatoms. The fourth-order valence-electron chi connectivity index (χ4n) is 1.83. The van der Waals surface area contributed by atoms with Crippen molar-refractivity contribution >= 4 is 21.6 Å². The van der Waals surface area contributed by atoms with Gasteiger partial charge in [-0.15, -0.1) is 0 Å². The topological polar surface area (TPSA) is 46.2 Å². The van der Waals surface area contributed by atoms with E-state index in [1.165, 1.54) is 24.3 Å². The lowest BCUT2D eigenvalue weighted by atomic mass is 10.00. The molecule has 0 bridgehead atoms. The molecule has 3 N–H and O–H groups in total. The van der Waals surface area contributed by atoms with Gasteiger partial charge in [-0.2, -0.15) is 0 Å². The highest BCUT2D eigenvalue weighted by Crippen LogP contribution is 2.26. The molecular formula is C14H12BrF2NO. The molecule has 1 atom stereocenters. The number of aliphatic hydroxyl groups excluding tert-OH is 1. The minimum absolute atomic E-state index is 0.229. The molecule has 2 aromatic carbocycles. The van der Waals surface area contributed by atoms with Gasteiger partial charge in [0.25, 0.3) is 0 Å². The summed E-state index contributed by atoms with van der Waals surface area (Å²) >= 11 is 3.08. The summed E-state index contributed by atoms with van der Waals surface area (Å²) in [6.07, 6.45) is -0.708. The Balaban J connectivity index is 2.22. The van der Waals surface area contributed by atoms with E-state index >= 15 is 0 Å². The first-order valence-electron chi connectivity index (χ1n) is 5.64. The highest BCUT2D eigenvalue weighted by atomic mass is 79.9. The van der Waals surface area contributed by atoms with Gasteiger partial charge in [-0.25, -0.2) is 8.78 Å². The first kappa shape index (κ1) is 14.0. The quantitative estimate of drug-likeness (QED) is 0.846. The zero-order valence-electron chi connectivity index (χ0n) is 9.91. The Kier molecular flexibility index (Phi) is 4.17. The normalized spacial score (nSPS) is 12.4. The van der Waals surface area contributed by atoms with Crippen LogP contribution < -0.4 is 5.73 Å². The van der Waals surface area contributed by atoms with Gasteiger partial charge in [0.05, 0.1) is 10.6 Å². The van der Waals surface area contributed by atoms with Gasteiger partial charge < -0.3 is 10.8 Å². The fraction of sp³-hybridized carbons (Fsp3) is 0.143. The van der Waals surface area contributed by atoms with Gasteiger partial charge in [-0.1, -0.05) is 6.07 Å². The molecule has 0 aliphatic rings. The van der Waals surface area contributed by atoms with Crippen LogP contribution in [-0.2, 0) is 6.42 Å². The van der Waals surface area contributed by atoms with Crippen LogP contribution >= 0.6 is 15.9 Å². The number of halogens is 3. The molecule has 0 amide bonds. The van der Waals surface area contributed by atoms with Gasteiger partial charge in [0.2, 0.25) is 0 Å². The molecule has 2 aromatic rings. The summed E-state index contributed by atoms with van der Waals surface area (Å²) in [4.78, 5) is 0. The number of nitrogens with two attached hydrogens (primary N) is 1. The van der Waals surface area contributed by atoms with Gasteiger partial charge in [-0.3, -0.25) is 0 Å². The Morgan fingerprint density at radius 1 is 1.16 bits per heavy atom. The van der Waals surface area contributed by atoms with E-state index in [0.29, 0.717) is 15.7 Å². The minimum atomic E-state index is -0.937. The summed E-state index contributed by atoms with van der Waals surface area (Å²) in [6, 6.07) is 8.31. The smallest absolute Gasteiger partial charge is 0.137 e. The lowest BCUT2D eigenvalue weighted by Crippen LogP contribution is -2.06. The first-order valence-corrected chi connectivity index (χ1v) is 6.43. The molecule has 0 heterocycles. The molecule has 100 valence electrons. The summed E-state index contributed by atoms with van der Waals surface area (Å²) in [7, 11) is 0. The number of nitrogen functional groups attached to an aromatic ring is 1. The van der Waals surface area contributed by atoms with Crippen molar-refractivity contribution in [3.63, 3.8) is 0 Å². The number of hydrogen-bond acceptors (Lipinski definition) is 2. The highest BCUT2D eigenvalue weighted by molar-refractivity contribution is 9.10. The molecule has 0 spiro atoms. The van der Waals surface area contributed by atoms with Crippen LogP contribution in [0.2, 0.25) is 0 Å². The Bertz CT molecular complexity index is 604. The maximum Gasteiger partial charge on any atom is 0.137 e. The van der Waals surface area contributed by atoms with Gasteiger partial charge in [-0.05, 0) is 51.8 Å². The summed E-state index contributed by atoms with van der Waals surface area (Å²) in [6.45, 7) is 0. The number of aliphatic hydroxyl groups is 1. The van der Waals surface area contributed by atoms with E-state index in [0.717, 1.165) is 5.56 Å². The zero-order chi connectivity index (χ0) is 14.0. The molecule has 0 aromatic heterocycles. The first-order chi connectivity index (χ1) is 8.97. The monoisotopic (exact) mass is 327 g/mol. The van der Waals surface area contributed by atoms with E-state index in [1.807, 2.05) is 0 Å². The van der Waals surface area contributed by atoms with Crippen molar-refractivity contribution in [3.8, 4) is 0 Å². The van der Waals surface area contributed by atoms with Crippen LogP contribution in [0.3, 0.4) is 0 Å². The molecule has 2 nitrogen and oxygen atoms in total. The summed E-state index contributed by atoms with van der Waals surface area (Å²) in [5, 5.41) is 10.1. The Morgan fingerprint density at radius 3 is 2.58 bits per heavy atom. The molecule has 19 heavy (non-hydrogen) atoms. The summed E-state index contributed by atoms with van der Waals surface area (Å²) in [5.41, 5.74) is 7.09. The number of anilines is 1. The molecular weight excluding hydrogens is 316 g/mol. The Labute approximate surface area is 118 Å². The van der Waals surface area contributed by atoms with Crippen LogP contribution in [0.15, 0.2) is 40.9 Å². The molecule has 1 unspecified atom stereocenters. The summed E-state index contributed by atoms with van der Waals surface area (Å²) < 4.78 is 26.6. The van der Waals surface area contributed by atoms with E-state index in [-0.39, 0.29) is 12.2 Å². The van der Waals surface area contributed by atoms with Crippen LogP contribution in [0.4, 0.5) is 14.5 Å². The average Bonchev–Trinajstić information content (AvgIpc) is 2.36. The third-order valence-electron chi connectivity index (χ3n) is 2.82. The molecule has 0 radical (unpaired) electrons. The zero-order valence-corrected chi connectivity index (χ0v) is 11.5. The van der Waals surface area contributed by atoms with E-state index in [1.54, 1.807) is 12.1 Å². The molecule has 0 saturated carbocycles. The fourth-order valence-corrected chi connectivity index (χ4v) is 2.26. The highest BCUT2D eigenvalue weighted by Gasteiger charge is 2.13. The van der Waals surface area contributed by atoms with E-state index in [9.17, 15) is 13.9 Å². The van der Waals surface area contributed by atoms with Crippen LogP contribution in [0.5, 0.6) is 0 Å². The maximum absolute atomic E-state index is 13.1. The Hall–Kier alpha value is -1.46. The molecule has 0 aliphatic carbocycles. The van der Waals surface area contributed by atoms with Crippen molar-refractivity contribution in [2.24, 2.45) is 0 Å². The number of rotatable bonds is 3. The number of benzene rings is 2. The van der Waals surface area contributed by atoms with Gasteiger partial charge >= 0.3 is 0 Å². The second-order valence-corrected chi connectivity index (χ2v) is 5.10. The third kappa shape index (κ3) is 3.30. The second kappa shape index (κ2) is 5.67. The van der Waals surface area contributed by atoms with Crippen LogP contribution in [-0.4, -0.2) is 5.11 Å². The van der Waals surface area contributed by atoms with Crippen molar-refractivity contribution in [1.29, 1.82) is 0 Å². The van der Waals surface area contributed by atoms with Gasteiger partial charge in [0.15, 0.2) is 0 Å². The molecule has 2 rings (SSSR count). The average molecular weight is 328 g/mol. The van der Waals surface area contributed by atoms with Gasteiger partial charge in [0.1, 0.15) is 11.6 Å². The number of hydrogen-bond donors (Lipinski definition) is 2. The van der Waals surface area contributed by atoms with Crippen molar-refractivity contribution in [2.75, 3.05) is 5.73 Å². The van der Waals surface area contributed by atoms with Crippen LogP contribution in [0.25, 0.3) is 0 Å². The van der Waals surface area contributed by atoms with Crippen LogP contribution in [0, 0.1) is 11.6 Å². The van der Waals surface area contributed by atoms with Crippen molar-refractivity contribution < 1.29 is 13.9 Å². The largest absolute Gasteiger partial charge is 0.398 e. The lowest BCUT2D eigenvalue weighted by Gasteiger charge is -2.14. The molecule has 0 fully saturated rings. The second-order valence-electron chi connectivity index (χ2n) is 4.24. The SMILES string of the molecule is Nc1ccc(F)cc1C(O)Cc1ccc(F)c(Br)c1. The van der Waals surface area contributed by atoms with Crippen molar-refractivity contribution in [1.82, 2.24) is 0 Å². The minimum Gasteiger partial charge on any atom is -0.398 e. The van der Waals surface area contributed by atoms with E-state index in [4.69, 9.17) is 5.73 Å². The molecule has 0 aliphatic heterocycles. The molecule has 0 saturated heterocycles. The summed E-state index contributed by atoms with van der Waals surface area (Å²) in [5.74, 6) is -0.827. The maximum atomic E-state index is 13.1. The van der Waals surface area contributed by atoms with E-state index < -0.39 is 11.9 Å². The Morgan fingerprint density at radius 2 is 1.89 bits per heavy atom. The van der Waals surface area contributed by atoms with Crippen molar-refractivity contribution in [3.05, 3.63) is 63.6 Å². The predicted molar refractivity (Wildman–Crippen MR) is 73.6 cm³/mol. The van der Waals surface area contributed by atoms with E-state index in [2.05, 4.69) is 15.9 Å². The lowest BCUT2D eigenvalue weighted by molar-refractivity contribution is 0.178. The predicted octanol–water partition coefficient (Wildman–Crippen LogP) is 3.59. The van der Waals surface area contributed by atoms with Crippen LogP contribution in [0.1, 0.15) is 17.2 Å². The van der Waals surface area contributed by atoms with Gasteiger partial charge in [0, 0.05) is 17.7 Å². The standard InChI is InChI=1S/C14H12BrF2NO/c15-11-5-8(1-3-12(11)17)6-14(19)10-7-9(16)2-4-13(10)18/h1-5,7,14,19H,6,18H2. The third-order valence-corrected chi connectivity index (χ3v) is 3.43.